The summed E-state index contributed by atoms with van der Waals surface area (Å²) in [6.45, 7) is 4.31. The van der Waals surface area contributed by atoms with Gasteiger partial charge in [-0.1, -0.05) is 23.8 Å². The third kappa shape index (κ3) is 3.02. The smallest absolute Gasteiger partial charge is 0.103 e. The minimum Gasteiger partial charge on any atom is -0.469 e. The minimum atomic E-state index is 0.384. The first kappa shape index (κ1) is 12.9. The molecule has 0 saturated carbocycles. The molecule has 0 fully saturated rings. The van der Waals surface area contributed by atoms with Gasteiger partial charge in [0.2, 0.25) is 0 Å². The Morgan fingerprint density at radius 1 is 1.22 bits per heavy atom. The maximum atomic E-state index is 5.39. The number of aryl methyl sites for hydroxylation is 3. The van der Waals surface area contributed by atoms with Gasteiger partial charge in [0.15, 0.2) is 0 Å². The number of hydrogen-bond acceptors (Lipinski definition) is 2. The van der Waals surface area contributed by atoms with E-state index in [1.54, 1.807) is 6.26 Å². The zero-order valence-corrected chi connectivity index (χ0v) is 11.4. The van der Waals surface area contributed by atoms with Crippen LogP contribution in [-0.2, 0) is 6.42 Å². The van der Waals surface area contributed by atoms with Gasteiger partial charge in [0.25, 0.3) is 0 Å². The molecule has 1 aromatic heterocycles. The molecule has 0 bridgehead atoms. The molecule has 2 aromatic rings. The van der Waals surface area contributed by atoms with Crippen molar-refractivity contribution in [3.05, 3.63) is 59.0 Å². The Kier molecular flexibility index (Phi) is 4.21. The fraction of sp³-hybridized carbons (Fsp3) is 0.375. The van der Waals surface area contributed by atoms with Gasteiger partial charge in [-0.15, -0.1) is 0 Å². The molecule has 1 aromatic carbocycles. The van der Waals surface area contributed by atoms with Crippen molar-refractivity contribution >= 4 is 0 Å². The second kappa shape index (κ2) is 5.87. The first-order valence-corrected chi connectivity index (χ1v) is 6.47. The molecule has 1 unspecified atom stereocenters. The number of nitrogens with one attached hydrogen (secondary N) is 1. The SMILES string of the molecule is CNC(CCc1ccco1)c1cc(C)ccc1C. The summed E-state index contributed by atoms with van der Waals surface area (Å²) in [5.74, 6) is 1.06. The van der Waals surface area contributed by atoms with E-state index < -0.39 is 0 Å². The standard InChI is InChI=1S/C16H21NO/c1-12-6-7-13(2)15(11-12)16(17-3)9-8-14-5-4-10-18-14/h4-7,10-11,16-17H,8-9H2,1-3H3. The van der Waals surface area contributed by atoms with Gasteiger partial charge in [-0.05, 0) is 50.6 Å². The van der Waals surface area contributed by atoms with Crippen LogP contribution < -0.4 is 5.32 Å². The Labute approximate surface area is 109 Å². The number of rotatable bonds is 5. The highest BCUT2D eigenvalue weighted by molar-refractivity contribution is 5.33. The molecule has 18 heavy (non-hydrogen) atoms. The van der Waals surface area contributed by atoms with Crippen LogP contribution in [-0.4, -0.2) is 7.05 Å². The van der Waals surface area contributed by atoms with E-state index in [9.17, 15) is 0 Å². The first-order valence-electron chi connectivity index (χ1n) is 6.47. The predicted octanol–water partition coefficient (Wildman–Crippen LogP) is 3.79. The van der Waals surface area contributed by atoms with Crippen molar-refractivity contribution in [1.29, 1.82) is 0 Å². The fourth-order valence-electron chi connectivity index (χ4n) is 2.33. The first-order chi connectivity index (χ1) is 8.70. The summed E-state index contributed by atoms with van der Waals surface area (Å²) in [7, 11) is 2.02. The highest BCUT2D eigenvalue weighted by Gasteiger charge is 2.12. The van der Waals surface area contributed by atoms with Crippen molar-refractivity contribution in [2.75, 3.05) is 7.05 Å². The van der Waals surface area contributed by atoms with Crippen LogP contribution in [0.5, 0.6) is 0 Å². The van der Waals surface area contributed by atoms with Gasteiger partial charge in [0.1, 0.15) is 5.76 Å². The molecule has 1 atom stereocenters. The molecule has 1 heterocycles. The monoisotopic (exact) mass is 243 g/mol. The maximum absolute atomic E-state index is 5.39. The minimum absolute atomic E-state index is 0.384. The molecular weight excluding hydrogens is 222 g/mol. The van der Waals surface area contributed by atoms with Crippen LogP contribution in [0.15, 0.2) is 41.0 Å². The van der Waals surface area contributed by atoms with Crippen molar-refractivity contribution in [2.24, 2.45) is 0 Å². The quantitative estimate of drug-likeness (QED) is 0.864. The zero-order valence-electron chi connectivity index (χ0n) is 11.4. The third-order valence-electron chi connectivity index (χ3n) is 3.42. The van der Waals surface area contributed by atoms with E-state index >= 15 is 0 Å². The van der Waals surface area contributed by atoms with Gasteiger partial charge >= 0.3 is 0 Å². The lowest BCUT2D eigenvalue weighted by Crippen LogP contribution is -2.18. The summed E-state index contributed by atoms with van der Waals surface area (Å²) < 4.78 is 5.39. The van der Waals surface area contributed by atoms with Gasteiger partial charge < -0.3 is 9.73 Å². The second-order valence-electron chi connectivity index (χ2n) is 4.82. The largest absolute Gasteiger partial charge is 0.469 e. The average molecular weight is 243 g/mol. The third-order valence-corrected chi connectivity index (χ3v) is 3.42. The molecule has 0 spiro atoms. The highest BCUT2D eigenvalue weighted by Crippen LogP contribution is 2.23. The van der Waals surface area contributed by atoms with Gasteiger partial charge in [-0.3, -0.25) is 0 Å². The lowest BCUT2D eigenvalue weighted by Gasteiger charge is -2.19. The van der Waals surface area contributed by atoms with Gasteiger partial charge in [0.05, 0.1) is 6.26 Å². The summed E-state index contributed by atoms with van der Waals surface area (Å²) in [6, 6.07) is 11.0. The van der Waals surface area contributed by atoms with E-state index in [-0.39, 0.29) is 0 Å². The van der Waals surface area contributed by atoms with E-state index in [1.807, 2.05) is 19.2 Å². The van der Waals surface area contributed by atoms with Crippen LogP contribution in [0.1, 0.15) is 34.9 Å². The van der Waals surface area contributed by atoms with Gasteiger partial charge in [-0.2, -0.15) is 0 Å². The summed E-state index contributed by atoms with van der Waals surface area (Å²) in [5, 5.41) is 3.41. The molecule has 2 rings (SSSR count). The lowest BCUT2D eigenvalue weighted by atomic mass is 9.95. The molecule has 1 N–H and O–H groups in total. The Bertz CT molecular complexity index is 488. The second-order valence-corrected chi connectivity index (χ2v) is 4.82. The Morgan fingerprint density at radius 2 is 2.06 bits per heavy atom. The van der Waals surface area contributed by atoms with E-state index in [4.69, 9.17) is 4.42 Å². The molecule has 2 heteroatoms. The molecule has 96 valence electrons. The molecule has 0 aliphatic heterocycles. The highest BCUT2D eigenvalue weighted by atomic mass is 16.3. The van der Waals surface area contributed by atoms with Crippen molar-refractivity contribution in [3.8, 4) is 0 Å². The van der Waals surface area contributed by atoms with E-state index in [0.717, 1.165) is 18.6 Å². The van der Waals surface area contributed by atoms with Crippen LogP contribution in [0.4, 0.5) is 0 Å². The summed E-state index contributed by atoms with van der Waals surface area (Å²) in [4.78, 5) is 0. The molecule has 0 aliphatic rings. The van der Waals surface area contributed by atoms with E-state index in [0.29, 0.717) is 6.04 Å². The topological polar surface area (TPSA) is 25.2 Å². The average Bonchev–Trinajstić information content (AvgIpc) is 2.87. The van der Waals surface area contributed by atoms with Crippen molar-refractivity contribution < 1.29 is 4.42 Å². The molecular formula is C16H21NO. The Balaban J connectivity index is 2.10. The Hall–Kier alpha value is -1.54. The van der Waals surface area contributed by atoms with Crippen molar-refractivity contribution in [3.63, 3.8) is 0 Å². The van der Waals surface area contributed by atoms with Crippen LogP contribution >= 0.6 is 0 Å². The van der Waals surface area contributed by atoms with Gasteiger partial charge in [-0.25, -0.2) is 0 Å². The fourth-order valence-corrected chi connectivity index (χ4v) is 2.33. The lowest BCUT2D eigenvalue weighted by molar-refractivity contribution is 0.468. The van der Waals surface area contributed by atoms with E-state index in [1.165, 1.54) is 16.7 Å². The summed E-state index contributed by atoms with van der Waals surface area (Å²) >= 11 is 0. The van der Waals surface area contributed by atoms with Crippen molar-refractivity contribution in [1.82, 2.24) is 5.32 Å². The number of benzene rings is 1. The molecule has 0 saturated heterocycles. The molecule has 0 amide bonds. The maximum Gasteiger partial charge on any atom is 0.103 e. The van der Waals surface area contributed by atoms with Crippen LogP contribution in [0.25, 0.3) is 0 Å². The van der Waals surface area contributed by atoms with Crippen LogP contribution in [0.2, 0.25) is 0 Å². The number of furan rings is 1. The molecule has 2 nitrogen and oxygen atoms in total. The Morgan fingerprint density at radius 3 is 2.72 bits per heavy atom. The van der Waals surface area contributed by atoms with Crippen LogP contribution in [0.3, 0.4) is 0 Å². The van der Waals surface area contributed by atoms with E-state index in [2.05, 4.69) is 37.4 Å². The molecule has 0 radical (unpaired) electrons. The van der Waals surface area contributed by atoms with Gasteiger partial charge in [0, 0.05) is 12.5 Å². The van der Waals surface area contributed by atoms with Crippen molar-refractivity contribution in [2.45, 2.75) is 32.7 Å². The summed E-state index contributed by atoms with van der Waals surface area (Å²) in [5.41, 5.74) is 4.05. The normalized spacial score (nSPS) is 12.6. The van der Waals surface area contributed by atoms with Crippen LogP contribution in [0, 0.1) is 13.8 Å². The zero-order chi connectivity index (χ0) is 13.0. The predicted molar refractivity (Wildman–Crippen MR) is 74.7 cm³/mol. The number of hydrogen-bond donors (Lipinski definition) is 1. The molecule has 0 aliphatic carbocycles. The summed E-state index contributed by atoms with van der Waals surface area (Å²) in [6.07, 6.45) is 3.75.